The lowest BCUT2D eigenvalue weighted by Gasteiger charge is -2.11. The molecule has 0 fully saturated rings. The fourth-order valence-electron chi connectivity index (χ4n) is 1.76. The first-order chi connectivity index (χ1) is 9.70. The molecule has 0 bridgehead atoms. The lowest BCUT2D eigenvalue weighted by atomic mass is 10.0. The van der Waals surface area contributed by atoms with Gasteiger partial charge < -0.3 is 20.6 Å². The number of guanidine groups is 1. The Hall–Kier alpha value is -1.62. The van der Waals surface area contributed by atoms with E-state index >= 15 is 0 Å². The fraction of sp³-hybridized carbons (Fsp3) is 0.273. The molecule has 2 atom stereocenters. The fourth-order valence-corrected chi connectivity index (χ4v) is 2.82. The first-order valence-electron chi connectivity index (χ1n) is 5.62. The summed E-state index contributed by atoms with van der Waals surface area (Å²) in [6, 6.07) is 2.87. The number of hydrogen-bond donors (Lipinski definition) is 4. The summed E-state index contributed by atoms with van der Waals surface area (Å²) in [5, 5.41) is 0. The molecule has 1 aromatic carbocycles. The number of carbonyl (C=O) groups excluding carboxylic acids is 1. The van der Waals surface area contributed by atoms with Gasteiger partial charge in [-0.25, -0.2) is 8.42 Å². The van der Waals surface area contributed by atoms with E-state index in [1.807, 2.05) is 0 Å². The number of nitrogens with two attached hydrogens (primary N) is 2. The van der Waals surface area contributed by atoms with Crippen molar-refractivity contribution < 1.29 is 22.3 Å². The van der Waals surface area contributed by atoms with Crippen LogP contribution in [0.15, 0.2) is 17.1 Å². The number of nitrogens with zero attached hydrogens (tertiary/aromatic N) is 1. The van der Waals surface area contributed by atoms with E-state index in [-0.39, 0.29) is 17.1 Å². The van der Waals surface area contributed by atoms with E-state index < -0.39 is 34.0 Å². The number of benzene rings is 1. The van der Waals surface area contributed by atoms with Crippen LogP contribution in [0.1, 0.15) is 27.0 Å². The summed E-state index contributed by atoms with van der Waals surface area (Å²) < 4.78 is 39.9. The second kappa shape index (κ2) is 7.41. The van der Waals surface area contributed by atoms with E-state index in [4.69, 9.17) is 20.6 Å². The molecule has 0 aliphatic heterocycles. The van der Waals surface area contributed by atoms with Gasteiger partial charge in [-0.1, -0.05) is 6.07 Å². The molecule has 10 heteroatoms. The molecule has 0 aromatic heterocycles. The topological polar surface area (TPSA) is 156 Å². The quantitative estimate of drug-likeness (QED) is 0.331. The molecule has 1 rings (SSSR count). The number of amides is 1. The minimum atomic E-state index is -2.16. The first kappa shape index (κ1) is 17.4. The Labute approximate surface area is 126 Å². The highest BCUT2D eigenvalue weighted by Crippen LogP contribution is 2.20. The van der Waals surface area contributed by atoms with Crippen LogP contribution in [0.5, 0.6) is 0 Å². The zero-order valence-corrected chi connectivity index (χ0v) is 12.7. The third-order valence-corrected chi connectivity index (χ3v) is 3.68. The van der Waals surface area contributed by atoms with Gasteiger partial charge in [0, 0.05) is 5.56 Å². The van der Waals surface area contributed by atoms with Crippen molar-refractivity contribution >= 4 is 34.0 Å². The molecule has 0 heterocycles. The third-order valence-electron chi connectivity index (χ3n) is 2.57. The van der Waals surface area contributed by atoms with Gasteiger partial charge in [0.2, 0.25) is 0 Å². The highest BCUT2D eigenvalue weighted by molar-refractivity contribution is 7.78. The van der Waals surface area contributed by atoms with E-state index in [0.717, 1.165) is 0 Å². The standard InChI is InChI=1S/C11H15N3O5S2/c1-6-2-7(4-20(16)17)8(5-21(18)19)3-9(6)10(15)14-11(12)13/h2-3H,4-5H2,1H3,(H,16,17)(H,18,19)(H4,12,13,14,15). The summed E-state index contributed by atoms with van der Waals surface area (Å²) in [6.07, 6.45) is 0. The maximum absolute atomic E-state index is 11.9. The van der Waals surface area contributed by atoms with Gasteiger partial charge in [0.25, 0.3) is 5.91 Å². The van der Waals surface area contributed by atoms with Gasteiger partial charge >= 0.3 is 0 Å². The van der Waals surface area contributed by atoms with Crippen molar-refractivity contribution in [2.45, 2.75) is 18.4 Å². The molecule has 2 unspecified atom stereocenters. The highest BCUT2D eigenvalue weighted by atomic mass is 32.2. The van der Waals surface area contributed by atoms with Crippen molar-refractivity contribution in [1.82, 2.24) is 0 Å². The molecule has 0 saturated heterocycles. The second-order valence-corrected chi connectivity index (χ2v) is 6.07. The molecule has 116 valence electrons. The highest BCUT2D eigenvalue weighted by Gasteiger charge is 2.15. The van der Waals surface area contributed by atoms with Crippen LogP contribution >= 0.6 is 0 Å². The summed E-state index contributed by atoms with van der Waals surface area (Å²) in [4.78, 5) is 15.3. The molecule has 1 aromatic rings. The predicted molar refractivity (Wildman–Crippen MR) is 80.3 cm³/mol. The Bertz CT molecular complexity index is 641. The van der Waals surface area contributed by atoms with Gasteiger partial charge in [0.15, 0.2) is 28.1 Å². The maximum Gasteiger partial charge on any atom is 0.280 e. The normalized spacial score (nSPS) is 13.5. The SMILES string of the molecule is Cc1cc(CS(=O)O)c(CS(=O)O)cc1C(=O)N=C(N)N. The average Bonchev–Trinajstić information content (AvgIpc) is 2.30. The van der Waals surface area contributed by atoms with E-state index in [0.29, 0.717) is 16.7 Å². The molecule has 8 nitrogen and oxygen atoms in total. The van der Waals surface area contributed by atoms with Crippen molar-refractivity contribution in [1.29, 1.82) is 0 Å². The van der Waals surface area contributed by atoms with Crippen LogP contribution in [0.3, 0.4) is 0 Å². The lowest BCUT2D eigenvalue weighted by molar-refractivity contribution is 0.100. The summed E-state index contributed by atoms with van der Waals surface area (Å²) in [5.41, 5.74) is 11.7. The minimum absolute atomic E-state index is 0.163. The van der Waals surface area contributed by atoms with Crippen LogP contribution in [-0.4, -0.2) is 29.4 Å². The summed E-state index contributed by atoms with van der Waals surface area (Å²) >= 11 is -4.27. The zero-order chi connectivity index (χ0) is 16.2. The van der Waals surface area contributed by atoms with Crippen LogP contribution in [0, 0.1) is 6.92 Å². The number of hydrogen-bond acceptors (Lipinski definition) is 3. The van der Waals surface area contributed by atoms with Crippen molar-refractivity contribution in [3.63, 3.8) is 0 Å². The summed E-state index contributed by atoms with van der Waals surface area (Å²) in [7, 11) is 0. The van der Waals surface area contributed by atoms with Crippen LogP contribution in [-0.2, 0) is 33.7 Å². The van der Waals surface area contributed by atoms with E-state index in [2.05, 4.69) is 4.99 Å². The minimum Gasteiger partial charge on any atom is -0.370 e. The van der Waals surface area contributed by atoms with Crippen LogP contribution in [0.2, 0.25) is 0 Å². The van der Waals surface area contributed by atoms with Crippen LogP contribution < -0.4 is 11.5 Å². The van der Waals surface area contributed by atoms with Gasteiger partial charge in [0.1, 0.15) is 0 Å². The van der Waals surface area contributed by atoms with Gasteiger partial charge in [-0.2, -0.15) is 4.99 Å². The Morgan fingerprint density at radius 2 is 1.62 bits per heavy atom. The molecular formula is C11H15N3O5S2. The monoisotopic (exact) mass is 333 g/mol. The largest absolute Gasteiger partial charge is 0.370 e. The van der Waals surface area contributed by atoms with Crippen LogP contribution in [0.25, 0.3) is 0 Å². The maximum atomic E-state index is 11.9. The van der Waals surface area contributed by atoms with Crippen molar-refractivity contribution in [2.75, 3.05) is 0 Å². The molecule has 0 saturated carbocycles. The van der Waals surface area contributed by atoms with E-state index in [1.165, 1.54) is 12.1 Å². The Kier molecular flexibility index (Phi) is 6.15. The zero-order valence-electron chi connectivity index (χ0n) is 11.1. The second-order valence-electron chi connectivity index (χ2n) is 4.21. The molecule has 0 aliphatic rings. The van der Waals surface area contributed by atoms with Gasteiger partial charge in [-0.15, -0.1) is 0 Å². The molecular weight excluding hydrogens is 318 g/mol. The third kappa shape index (κ3) is 5.34. The Balaban J connectivity index is 3.36. The Morgan fingerprint density at radius 1 is 1.14 bits per heavy atom. The predicted octanol–water partition coefficient (Wildman–Crippen LogP) is -0.148. The lowest BCUT2D eigenvalue weighted by Crippen LogP contribution is -2.24. The van der Waals surface area contributed by atoms with Crippen LogP contribution in [0.4, 0.5) is 0 Å². The first-order valence-corrected chi connectivity index (χ1v) is 8.17. The average molecular weight is 333 g/mol. The molecule has 21 heavy (non-hydrogen) atoms. The number of aryl methyl sites for hydroxylation is 1. The number of rotatable bonds is 5. The van der Waals surface area contributed by atoms with Gasteiger partial charge in [-0.3, -0.25) is 4.79 Å². The van der Waals surface area contributed by atoms with Gasteiger partial charge in [0.05, 0.1) is 11.5 Å². The van der Waals surface area contributed by atoms with E-state index in [9.17, 15) is 13.2 Å². The van der Waals surface area contributed by atoms with E-state index in [1.54, 1.807) is 6.92 Å². The molecule has 6 N–H and O–H groups in total. The molecule has 0 radical (unpaired) electrons. The summed E-state index contributed by atoms with van der Waals surface area (Å²) in [5.74, 6) is -1.56. The molecule has 0 aliphatic carbocycles. The smallest absolute Gasteiger partial charge is 0.280 e. The van der Waals surface area contributed by atoms with Crippen molar-refractivity contribution in [3.8, 4) is 0 Å². The molecule has 1 amide bonds. The van der Waals surface area contributed by atoms with Crippen molar-refractivity contribution in [3.05, 3.63) is 34.4 Å². The van der Waals surface area contributed by atoms with Gasteiger partial charge in [-0.05, 0) is 29.7 Å². The van der Waals surface area contributed by atoms with Crippen molar-refractivity contribution in [2.24, 2.45) is 16.5 Å². The summed E-state index contributed by atoms with van der Waals surface area (Å²) in [6.45, 7) is 1.61. The number of carbonyl (C=O) groups is 1. The Morgan fingerprint density at radius 3 is 2.05 bits per heavy atom. The molecule has 0 spiro atoms. The number of aliphatic imine (C=N–C) groups is 1.